The number of hydrogen-bond donors (Lipinski definition) is 2. The van der Waals surface area contributed by atoms with Gasteiger partial charge in [0.1, 0.15) is 5.82 Å². The van der Waals surface area contributed by atoms with E-state index in [-0.39, 0.29) is 6.04 Å². The number of hydroxylamine groups is 1. The molecule has 0 saturated carbocycles. The number of amides is 1. The van der Waals surface area contributed by atoms with Gasteiger partial charge in [0.15, 0.2) is 0 Å². The van der Waals surface area contributed by atoms with Crippen molar-refractivity contribution >= 4 is 12.0 Å². The van der Waals surface area contributed by atoms with Crippen molar-refractivity contribution in [2.24, 2.45) is 0 Å². The summed E-state index contributed by atoms with van der Waals surface area (Å²) in [4.78, 5) is 16.0. The lowest BCUT2D eigenvalue weighted by molar-refractivity contribution is -0.124. The summed E-state index contributed by atoms with van der Waals surface area (Å²) in [6.45, 7) is 6.27. The Kier molecular flexibility index (Phi) is 5.52. The molecule has 2 aromatic carbocycles. The Bertz CT molecular complexity index is 974. The molecule has 5 nitrogen and oxygen atoms in total. The number of hydrogen-bond acceptors (Lipinski definition) is 3. The van der Waals surface area contributed by atoms with Gasteiger partial charge in [0.05, 0.1) is 11.7 Å². The molecule has 3 aromatic rings. The minimum Gasteiger partial charge on any atom is -0.321 e. The topological polar surface area (TPSA) is 67.2 Å². The summed E-state index contributed by atoms with van der Waals surface area (Å²) in [5.74, 6) is 0.328. The fourth-order valence-electron chi connectivity index (χ4n) is 3.18. The molecule has 1 unspecified atom stereocenters. The Morgan fingerprint density at radius 2 is 1.89 bits per heavy atom. The number of carbonyl (C=O) groups excluding carboxylic acids is 1. The van der Waals surface area contributed by atoms with Gasteiger partial charge in [-0.15, -0.1) is 0 Å². The number of nitrogens with zero attached hydrogens (tertiary/aromatic N) is 2. The first-order valence-electron chi connectivity index (χ1n) is 8.84. The summed E-state index contributed by atoms with van der Waals surface area (Å²) in [7, 11) is 0. The molecule has 0 saturated heterocycles. The molecule has 27 heavy (non-hydrogen) atoms. The Hall–Kier alpha value is -3.18. The Morgan fingerprint density at radius 1 is 1.15 bits per heavy atom. The molecule has 5 heteroatoms. The molecule has 138 valence electrons. The van der Waals surface area contributed by atoms with Crippen molar-refractivity contribution < 1.29 is 10.0 Å². The number of carbonyl (C=O) groups is 1. The molecule has 2 N–H and O–H groups in total. The largest absolute Gasteiger partial charge is 0.321 e. The fraction of sp³-hybridized carbons (Fsp3) is 0.182. The van der Waals surface area contributed by atoms with E-state index in [0.717, 1.165) is 28.3 Å². The molecule has 1 amide bonds. The van der Waals surface area contributed by atoms with Crippen molar-refractivity contribution in [2.75, 3.05) is 0 Å². The fourth-order valence-corrected chi connectivity index (χ4v) is 3.18. The molecule has 0 aliphatic rings. The van der Waals surface area contributed by atoms with E-state index in [1.165, 1.54) is 11.6 Å². The van der Waals surface area contributed by atoms with Crippen molar-refractivity contribution in [3.05, 3.63) is 83.2 Å². The van der Waals surface area contributed by atoms with Gasteiger partial charge in [-0.1, -0.05) is 48.5 Å². The maximum atomic E-state index is 11.2. The van der Waals surface area contributed by atoms with Crippen LogP contribution in [0.15, 0.2) is 60.7 Å². The third-order valence-electron chi connectivity index (χ3n) is 4.74. The van der Waals surface area contributed by atoms with E-state index in [1.54, 1.807) is 11.6 Å². The van der Waals surface area contributed by atoms with E-state index in [2.05, 4.69) is 30.5 Å². The lowest BCUT2D eigenvalue weighted by Gasteiger charge is -2.19. The molecule has 0 aliphatic heterocycles. The molecule has 1 aromatic heterocycles. The van der Waals surface area contributed by atoms with Crippen molar-refractivity contribution in [1.82, 2.24) is 15.0 Å². The first-order valence-corrected chi connectivity index (χ1v) is 8.84. The molecular formula is C22H23N3O2. The van der Waals surface area contributed by atoms with Gasteiger partial charge in [0.2, 0.25) is 0 Å². The zero-order valence-electron chi connectivity index (χ0n) is 15.7. The van der Waals surface area contributed by atoms with Crippen LogP contribution in [0, 0.1) is 13.8 Å². The summed E-state index contributed by atoms with van der Waals surface area (Å²) in [5.41, 5.74) is 6.76. The normalized spacial score (nSPS) is 12.3. The van der Waals surface area contributed by atoms with Crippen LogP contribution in [0.5, 0.6) is 0 Å². The van der Waals surface area contributed by atoms with Crippen LogP contribution >= 0.6 is 0 Å². The summed E-state index contributed by atoms with van der Waals surface area (Å²) in [6.07, 6.45) is 2.94. The van der Waals surface area contributed by atoms with Crippen LogP contribution < -0.4 is 5.48 Å². The van der Waals surface area contributed by atoms with Gasteiger partial charge in [-0.05, 0) is 44.0 Å². The monoisotopic (exact) mass is 361 g/mol. The zero-order chi connectivity index (χ0) is 19.4. The number of imidazole rings is 1. The molecule has 0 fully saturated rings. The first-order chi connectivity index (χ1) is 13.0. The SMILES string of the molecule is Cc1nc(-c2cccc(C=CC(=O)NO)c2)n(C(C)c2ccccc2)c1C. The summed E-state index contributed by atoms with van der Waals surface area (Å²) < 4.78 is 2.24. The van der Waals surface area contributed by atoms with Gasteiger partial charge in [-0.25, -0.2) is 10.5 Å². The van der Waals surface area contributed by atoms with E-state index in [9.17, 15) is 4.79 Å². The lowest BCUT2D eigenvalue weighted by atomic mass is 10.1. The average Bonchev–Trinajstić information content (AvgIpc) is 3.01. The number of benzene rings is 2. The van der Waals surface area contributed by atoms with E-state index >= 15 is 0 Å². The zero-order valence-corrected chi connectivity index (χ0v) is 15.7. The second-order valence-electron chi connectivity index (χ2n) is 6.50. The highest BCUT2D eigenvalue weighted by Crippen LogP contribution is 2.30. The maximum Gasteiger partial charge on any atom is 0.267 e. The molecule has 0 radical (unpaired) electrons. The van der Waals surface area contributed by atoms with Crippen molar-refractivity contribution in [3.63, 3.8) is 0 Å². The number of aromatic nitrogens is 2. The summed E-state index contributed by atoms with van der Waals surface area (Å²) >= 11 is 0. The van der Waals surface area contributed by atoms with Crippen LogP contribution in [0.25, 0.3) is 17.5 Å². The highest BCUT2D eigenvalue weighted by Gasteiger charge is 2.18. The van der Waals surface area contributed by atoms with E-state index in [1.807, 2.05) is 49.4 Å². The maximum absolute atomic E-state index is 11.2. The van der Waals surface area contributed by atoms with Gasteiger partial charge >= 0.3 is 0 Å². The van der Waals surface area contributed by atoms with Gasteiger partial charge in [-0.3, -0.25) is 10.0 Å². The molecule has 0 bridgehead atoms. The lowest BCUT2D eigenvalue weighted by Crippen LogP contribution is -2.14. The molecule has 0 aliphatic carbocycles. The quantitative estimate of drug-likeness (QED) is 0.405. The Morgan fingerprint density at radius 3 is 2.59 bits per heavy atom. The average molecular weight is 361 g/mol. The molecule has 1 heterocycles. The number of rotatable bonds is 5. The second-order valence-corrected chi connectivity index (χ2v) is 6.50. The highest BCUT2D eigenvalue weighted by molar-refractivity contribution is 5.91. The predicted molar refractivity (Wildman–Crippen MR) is 106 cm³/mol. The van der Waals surface area contributed by atoms with Crippen LogP contribution in [-0.2, 0) is 4.79 Å². The van der Waals surface area contributed by atoms with E-state index < -0.39 is 5.91 Å². The molecular weight excluding hydrogens is 338 g/mol. The second kappa shape index (κ2) is 8.01. The molecule has 3 rings (SSSR count). The van der Waals surface area contributed by atoms with E-state index in [0.29, 0.717) is 0 Å². The Labute approximate surface area is 159 Å². The standard InChI is InChI=1S/C22H23N3O2/c1-15-16(2)25(17(3)19-9-5-4-6-10-19)22(23-15)20-11-7-8-18(14-20)12-13-21(26)24-27/h4-14,17,27H,1-3H3,(H,24,26). The van der Waals surface area contributed by atoms with Gasteiger partial charge in [0.25, 0.3) is 5.91 Å². The third-order valence-corrected chi connectivity index (χ3v) is 4.74. The van der Waals surface area contributed by atoms with Crippen molar-refractivity contribution in [2.45, 2.75) is 26.8 Å². The molecule has 0 spiro atoms. The van der Waals surface area contributed by atoms with Gasteiger partial charge < -0.3 is 4.57 Å². The van der Waals surface area contributed by atoms with Crippen molar-refractivity contribution in [1.29, 1.82) is 0 Å². The smallest absolute Gasteiger partial charge is 0.267 e. The predicted octanol–water partition coefficient (Wildman–Crippen LogP) is 4.29. The number of aryl methyl sites for hydroxylation is 1. The van der Waals surface area contributed by atoms with Crippen molar-refractivity contribution in [3.8, 4) is 11.4 Å². The van der Waals surface area contributed by atoms with Crippen LogP contribution in [0.1, 0.15) is 35.5 Å². The van der Waals surface area contributed by atoms with E-state index in [4.69, 9.17) is 10.2 Å². The molecule has 1 atom stereocenters. The van der Waals surface area contributed by atoms with Crippen LogP contribution in [-0.4, -0.2) is 20.7 Å². The van der Waals surface area contributed by atoms with Gasteiger partial charge in [0, 0.05) is 17.3 Å². The Balaban J connectivity index is 2.04. The first kappa shape index (κ1) is 18.6. The third kappa shape index (κ3) is 3.99. The summed E-state index contributed by atoms with van der Waals surface area (Å²) in [5, 5.41) is 8.62. The van der Waals surface area contributed by atoms with Crippen LogP contribution in [0.2, 0.25) is 0 Å². The van der Waals surface area contributed by atoms with Crippen LogP contribution in [0.3, 0.4) is 0 Å². The highest BCUT2D eigenvalue weighted by atomic mass is 16.5. The minimum atomic E-state index is -0.564. The number of nitrogens with one attached hydrogen (secondary N) is 1. The summed E-state index contributed by atoms with van der Waals surface area (Å²) in [6, 6.07) is 18.3. The van der Waals surface area contributed by atoms with Gasteiger partial charge in [-0.2, -0.15) is 0 Å². The van der Waals surface area contributed by atoms with Crippen LogP contribution in [0.4, 0.5) is 0 Å². The minimum absolute atomic E-state index is 0.141.